The van der Waals surface area contributed by atoms with Crippen molar-refractivity contribution < 1.29 is 4.74 Å². The first kappa shape index (κ1) is 14.6. The average molecular weight is 339 g/mol. The molecule has 0 radical (unpaired) electrons. The van der Waals surface area contributed by atoms with Crippen molar-refractivity contribution in [2.45, 2.75) is 19.9 Å². The summed E-state index contributed by atoms with van der Waals surface area (Å²) in [5.74, 6) is 0.846. The monoisotopic (exact) mass is 338 g/mol. The summed E-state index contributed by atoms with van der Waals surface area (Å²) in [6, 6.07) is 10.0. The van der Waals surface area contributed by atoms with Crippen LogP contribution < -0.4 is 4.74 Å². The van der Waals surface area contributed by atoms with Crippen LogP contribution in [0.2, 0.25) is 4.34 Å². The summed E-state index contributed by atoms with van der Waals surface area (Å²) in [7, 11) is 0. The van der Waals surface area contributed by atoms with E-state index in [4.69, 9.17) is 28.6 Å². The molecule has 0 bridgehead atoms. The lowest BCUT2D eigenvalue weighted by Crippen LogP contribution is -2.00. The van der Waals surface area contributed by atoms with E-state index < -0.39 is 0 Å². The van der Waals surface area contributed by atoms with Crippen molar-refractivity contribution in [3.05, 3.63) is 44.3 Å². The molecular formula is C15H15ClN2OS2. The van der Waals surface area contributed by atoms with Crippen LogP contribution in [-0.2, 0) is 13.0 Å². The second-order valence-electron chi connectivity index (χ2n) is 4.62. The smallest absolute Gasteiger partial charge is 0.178 e. The van der Waals surface area contributed by atoms with Gasteiger partial charge in [-0.1, -0.05) is 17.7 Å². The first-order valence-electron chi connectivity index (χ1n) is 6.77. The Morgan fingerprint density at radius 1 is 1.33 bits per heavy atom. The Hall–Kier alpha value is -1.30. The summed E-state index contributed by atoms with van der Waals surface area (Å²) < 4.78 is 9.31. The maximum Gasteiger partial charge on any atom is 0.178 e. The number of nitrogens with one attached hydrogen (secondary N) is 1. The largest absolute Gasteiger partial charge is 0.492 e. The van der Waals surface area contributed by atoms with Gasteiger partial charge >= 0.3 is 0 Å². The zero-order valence-electron chi connectivity index (χ0n) is 11.6. The second-order valence-corrected chi connectivity index (χ2v) is 6.81. The molecule has 0 aliphatic heterocycles. The van der Waals surface area contributed by atoms with Gasteiger partial charge in [0.25, 0.3) is 0 Å². The standard InChI is InChI=1S/C15H15ClN2OS2/c1-2-19-12-5-3-4-11-14(12)17-15(20)18(11)9-8-10-6-7-13(16)21-10/h3-7H,2,8-9H2,1H3,(H,17,20). The molecule has 0 saturated heterocycles. The number of halogens is 1. The summed E-state index contributed by atoms with van der Waals surface area (Å²) in [6.45, 7) is 3.44. The molecule has 0 amide bonds. The van der Waals surface area contributed by atoms with Gasteiger partial charge in [0, 0.05) is 11.4 Å². The van der Waals surface area contributed by atoms with Crippen LogP contribution in [-0.4, -0.2) is 16.2 Å². The van der Waals surface area contributed by atoms with E-state index >= 15 is 0 Å². The number of ether oxygens (including phenoxy) is 1. The number of fused-ring (bicyclic) bond motifs is 1. The number of rotatable bonds is 5. The van der Waals surface area contributed by atoms with E-state index in [0.29, 0.717) is 6.61 Å². The molecule has 3 aromatic rings. The highest BCUT2D eigenvalue weighted by atomic mass is 35.5. The lowest BCUT2D eigenvalue weighted by molar-refractivity contribution is 0.343. The molecule has 2 heterocycles. The Bertz CT molecular complexity index is 819. The van der Waals surface area contributed by atoms with Crippen LogP contribution in [0.15, 0.2) is 30.3 Å². The minimum Gasteiger partial charge on any atom is -0.492 e. The number of H-pyrrole nitrogens is 1. The fourth-order valence-corrected chi connectivity index (χ4v) is 3.73. The molecule has 2 aromatic heterocycles. The van der Waals surface area contributed by atoms with Crippen molar-refractivity contribution in [1.82, 2.24) is 9.55 Å². The lowest BCUT2D eigenvalue weighted by Gasteiger charge is -2.06. The third-order valence-corrected chi connectivity index (χ3v) is 4.90. The molecule has 0 aliphatic carbocycles. The number of hydrogen-bond acceptors (Lipinski definition) is 3. The van der Waals surface area contributed by atoms with Crippen molar-refractivity contribution >= 4 is 46.2 Å². The molecule has 110 valence electrons. The highest BCUT2D eigenvalue weighted by molar-refractivity contribution is 7.71. The maximum absolute atomic E-state index is 5.97. The molecule has 1 N–H and O–H groups in total. The molecule has 1 aromatic carbocycles. The zero-order valence-corrected chi connectivity index (χ0v) is 13.9. The van der Waals surface area contributed by atoms with Gasteiger partial charge in [-0.25, -0.2) is 0 Å². The van der Waals surface area contributed by atoms with E-state index in [1.807, 2.05) is 25.1 Å². The SMILES string of the molecule is CCOc1cccc2c1[nH]c(=S)n2CCc1ccc(Cl)s1. The van der Waals surface area contributed by atoms with Gasteiger partial charge in [0.2, 0.25) is 0 Å². The van der Waals surface area contributed by atoms with Crippen LogP contribution in [0.4, 0.5) is 0 Å². The topological polar surface area (TPSA) is 29.9 Å². The van der Waals surface area contributed by atoms with E-state index in [9.17, 15) is 0 Å². The van der Waals surface area contributed by atoms with E-state index in [2.05, 4.69) is 21.7 Å². The number of thiophene rings is 1. The molecule has 0 unspecified atom stereocenters. The Morgan fingerprint density at radius 2 is 2.19 bits per heavy atom. The molecular weight excluding hydrogens is 324 g/mol. The summed E-state index contributed by atoms with van der Waals surface area (Å²) in [5, 5.41) is 0. The van der Waals surface area contributed by atoms with Gasteiger partial charge in [0.1, 0.15) is 11.3 Å². The Morgan fingerprint density at radius 3 is 2.90 bits per heavy atom. The summed E-state index contributed by atoms with van der Waals surface area (Å²) >= 11 is 13.0. The van der Waals surface area contributed by atoms with Gasteiger partial charge in [-0.15, -0.1) is 11.3 Å². The van der Waals surface area contributed by atoms with Gasteiger partial charge < -0.3 is 14.3 Å². The maximum atomic E-state index is 5.97. The number of imidazole rings is 1. The number of nitrogens with zero attached hydrogens (tertiary/aromatic N) is 1. The predicted octanol–water partition coefficient (Wildman–Crippen LogP) is 5.06. The first-order valence-corrected chi connectivity index (χ1v) is 8.38. The predicted molar refractivity (Wildman–Crippen MR) is 91.3 cm³/mol. The molecule has 6 heteroatoms. The molecule has 3 rings (SSSR count). The fraction of sp³-hybridized carbons (Fsp3) is 0.267. The zero-order chi connectivity index (χ0) is 14.8. The van der Waals surface area contributed by atoms with Crippen molar-refractivity contribution in [2.75, 3.05) is 6.61 Å². The number of aromatic nitrogens is 2. The van der Waals surface area contributed by atoms with Crippen LogP contribution in [0.1, 0.15) is 11.8 Å². The summed E-state index contributed by atoms with van der Waals surface area (Å²) in [4.78, 5) is 4.51. The Kier molecular flexibility index (Phi) is 4.33. The van der Waals surface area contributed by atoms with Crippen LogP contribution in [0.3, 0.4) is 0 Å². The molecule has 3 nitrogen and oxygen atoms in total. The third kappa shape index (κ3) is 3.00. The second kappa shape index (κ2) is 6.22. The quantitative estimate of drug-likeness (QED) is 0.659. The van der Waals surface area contributed by atoms with E-state index in [1.54, 1.807) is 11.3 Å². The van der Waals surface area contributed by atoms with Crippen LogP contribution in [0, 0.1) is 4.77 Å². The number of hydrogen-bond donors (Lipinski definition) is 1. The normalized spacial score (nSPS) is 11.1. The minimum atomic E-state index is 0.637. The lowest BCUT2D eigenvalue weighted by atomic mass is 10.3. The van der Waals surface area contributed by atoms with Gasteiger partial charge in [-0.2, -0.15) is 0 Å². The van der Waals surface area contributed by atoms with Crippen molar-refractivity contribution in [3.63, 3.8) is 0 Å². The van der Waals surface area contributed by atoms with E-state index in [-0.39, 0.29) is 0 Å². The minimum absolute atomic E-state index is 0.637. The fourth-order valence-electron chi connectivity index (χ4n) is 2.36. The highest BCUT2D eigenvalue weighted by Gasteiger charge is 2.09. The average Bonchev–Trinajstić information content (AvgIpc) is 3.01. The molecule has 0 saturated carbocycles. The molecule has 21 heavy (non-hydrogen) atoms. The number of benzene rings is 1. The molecule has 0 fully saturated rings. The van der Waals surface area contributed by atoms with Crippen LogP contribution in [0.25, 0.3) is 11.0 Å². The third-order valence-electron chi connectivity index (χ3n) is 3.28. The van der Waals surface area contributed by atoms with Crippen molar-refractivity contribution in [2.24, 2.45) is 0 Å². The first-order chi connectivity index (χ1) is 10.2. The van der Waals surface area contributed by atoms with Gasteiger partial charge in [0.05, 0.1) is 16.5 Å². The summed E-state index contributed by atoms with van der Waals surface area (Å²) in [5.41, 5.74) is 2.04. The van der Waals surface area contributed by atoms with Crippen LogP contribution in [0.5, 0.6) is 5.75 Å². The summed E-state index contributed by atoms with van der Waals surface area (Å²) in [6.07, 6.45) is 0.914. The Balaban J connectivity index is 1.93. The highest BCUT2D eigenvalue weighted by Crippen LogP contribution is 2.26. The van der Waals surface area contributed by atoms with E-state index in [0.717, 1.165) is 38.9 Å². The van der Waals surface area contributed by atoms with Gasteiger partial charge in [-0.05, 0) is 49.8 Å². The number of aromatic amines is 1. The molecule has 0 aliphatic rings. The van der Waals surface area contributed by atoms with Crippen LogP contribution >= 0.6 is 35.2 Å². The number of para-hydroxylation sites is 1. The van der Waals surface area contributed by atoms with E-state index in [1.165, 1.54) is 4.88 Å². The molecule has 0 atom stereocenters. The molecule has 0 spiro atoms. The van der Waals surface area contributed by atoms with Crippen molar-refractivity contribution in [3.8, 4) is 5.75 Å². The van der Waals surface area contributed by atoms with Gasteiger partial charge in [0.15, 0.2) is 4.77 Å². The van der Waals surface area contributed by atoms with Crippen molar-refractivity contribution in [1.29, 1.82) is 0 Å². The number of aryl methyl sites for hydroxylation is 2. The Labute approximate surface area is 137 Å². The van der Waals surface area contributed by atoms with Gasteiger partial charge in [-0.3, -0.25) is 0 Å².